The zero-order valence-electron chi connectivity index (χ0n) is 34.0. The first kappa shape index (κ1) is 44.2. The molecule has 4 rings (SSSR count). The molecule has 3 unspecified atom stereocenters. The number of aromatic nitrogens is 3. The molecular formula is C45H57N3O9. The predicted molar refractivity (Wildman–Crippen MR) is 218 cm³/mol. The molecule has 12 nitrogen and oxygen atoms in total. The molecule has 0 aliphatic heterocycles. The van der Waals surface area contributed by atoms with Crippen LogP contribution in [0.4, 0.5) is 0 Å². The Labute approximate surface area is 335 Å². The summed E-state index contributed by atoms with van der Waals surface area (Å²) in [7, 11) is 0. The Balaban J connectivity index is 1.74. The summed E-state index contributed by atoms with van der Waals surface area (Å²) < 4.78 is 16.9. The van der Waals surface area contributed by atoms with Crippen molar-refractivity contribution in [2.75, 3.05) is 0 Å². The number of ether oxygens (including phenoxy) is 3. The maximum atomic E-state index is 12.9. The van der Waals surface area contributed by atoms with Crippen LogP contribution < -0.4 is 14.2 Å². The Kier molecular flexibility index (Phi) is 16.8. The van der Waals surface area contributed by atoms with E-state index >= 15 is 0 Å². The standard InChI is InChI=1S/C45H57N3O9/c1-7-13-16-28(10-4)43(52)55-31-19-22-34(37(49)25-31)40-46-41(35-23-20-32(26-38(35)50)56-44(53)29(11-5)17-14-8-2)48-42(47-40)36-24-21-33(27-39(36)51)57-45(54)30(12-6)18-15-9-3/h19-30,49-51H,7-18H2,1-6H3. The van der Waals surface area contributed by atoms with Crippen LogP contribution in [0, 0.1) is 17.8 Å². The molecule has 0 radical (unpaired) electrons. The van der Waals surface area contributed by atoms with Crippen LogP contribution in [-0.2, 0) is 14.4 Å². The molecule has 0 bridgehead atoms. The van der Waals surface area contributed by atoms with E-state index in [9.17, 15) is 29.7 Å². The zero-order chi connectivity index (χ0) is 41.5. The fraction of sp³-hybridized carbons (Fsp3) is 0.467. The quantitative estimate of drug-likeness (QED) is 0.0539. The van der Waals surface area contributed by atoms with Gasteiger partial charge in [-0.1, -0.05) is 80.1 Å². The van der Waals surface area contributed by atoms with Gasteiger partial charge in [-0.25, -0.2) is 15.0 Å². The van der Waals surface area contributed by atoms with E-state index in [1.807, 2.05) is 20.8 Å². The predicted octanol–water partition coefficient (Wildman–Crippen LogP) is 10.4. The normalized spacial score (nSPS) is 12.7. The summed E-state index contributed by atoms with van der Waals surface area (Å²) in [5.74, 6) is -2.42. The number of benzene rings is 3. The van der Waals surface area contributed by atoms with Gasteiger partial charge in [-0.3, -0.25) is 14.4 Å². The number of carbonyl (C=O) groups is 3. The van der Waals surface area contributed by atoms with Gasteiger partial charge >= 0.3 is 17.9 Å². The van der Waals surface area contributed by atoms with Gasteiger partial charge in [0.2, 0.25) is 0 Å². The second-order valence-electron chi connectivity index (χ2n) is 14.3. The van der Waals surface area contributed by atoms with Crippen molar-refractivity contribution in [1.29, 1.82) is 0 Å². The van der Waals surface area contributed by atoms with E-state index in [1.54, 1.807) is 0 Å². The Bertz CT molecular complexity index is 1750. The first-order chi connectivity index (χ1) is 27.5. The van der Waals surface area contributed by atoms with Crippen LogP contribution in [0.1, 0.15) is 119 Å². The van der Waals surface area contributed by atoms with Crippen LogP contribution in [0.3, 0.4) is 0 Å². The topological polar surface area (TPSA) is 178 Å². The smallest absolute Gasteiger partial charge is 0.314 e. The Hall–Kier alpha value is -5.52. The molecule has 306 valence electrons. The van der Waals surface area contributed by atoms with Gasteiger partial charge in [-0.15, -0.1) is 0 Å². The Morgan fingerprint density at radius 2 is 0.737 bits per heavy atom. The summed E-state index contributed by atoms with van der Waals surface area (Å²) in [6, 6.07) is 13.0. The van der Waals surface area contributed by atoms with Gasteiger partial charge in [0, 0.05) is 18.2 Å². The Morgan fingerprint density at radius 3 is 0.947 bits per heavy atom. The molecule has 3 N–H and O–H groups in total. The number of hydrogen-bond donors (Lipinski definition) is 3. The molecule has 12 heteroatoms. The van der Waals surface area contributed by atoms with E-state index in [0.717, 1.165) is 38.5 Å². The van der Waals surface area contributed by atoms with Gasteiger partial charge in [-0.2, -0.15) is 0 Å². The highest BCUT2D eigenvalue weighted by Gasteiger charge is 2.24. The lowest BCUT2D eigenvalue weighted by Gasteiger charge is -2.15. The summed E-state index contributed by atoms with van der Waals surface area (Å²) in [6.45, 7) is 12.0. The van der Waals surface area contributed by atoms with E-state index in [2.05, 4.69) is 35.7 Å². The van der Waals surface area contributed by atoms with E-state index in [-0.39, 0.29) is 104 Å². The Morgan fingerprint density at radius 1 is 0.474 bits per heavy atom. The largest absolute Gasteiger partial charge is 0.507 e. The number of nitrogens with zero attached hydrogens (tertiary/aromatic N) is 3. The van der Waals surface area contributed by atoms with Crippen molar-refractivity contribution < 1.29 is 43.9 Å². The third-order valence-electron chi connectivity index (χ3n) is 10.1. The number of rotatable bonds is 21. The van der Waals surface area contributed by atoms with Crippen molar-refractivity contribution in [3.8, 4) is 68.7 Å². The molecule has 0 fully saturated rings. The lowest BCUT2D eigenvalue weighted by molar-refractivity contribution is -0.140. The van der Waals surface area contributed by atoms with Gasteiger partial charge in [-0.05, 0) is 74.9 Å². The minimum absolute atomic E-state index is 0.0204. The maximum absolute atomic E-state index is 12.9. The summed E-state index contributed by atoms with van der Waals surface area (Å²) in [6.07, 6.45) is 9.54. The molecule has 57 heavy (non-hydrogen) atoms. The van der Waals surface area contributed by atoms with E-state index in [1.165, 1.54) is 54.6 Å². The number of unbranched alkanes of at least 4 members (excludes halogenated alkanes) is 3. The molecule has 0 saturated heterocycles. The number of esters is 3. The van der Waals surface area contributed by atoms with Crippen LogP contribution in [0.5, 0.6) is 34.5 Å². The highest BCUT2D eigenvalue weighted by Crippen LogP contribution is 2.38. The van der Waals surface area contributed by atoms with Gasteiger partial charge in [0.1, 0.15) is 34.5 Å². The van der Waals surface area contributed by atoms with E-state index in [0.29, 0.717) is 38.5 Å². The highest BCUT2D eigenvalue weighted by molar-refractivity contribution is 5.79. The molecule has 0 spiro atoms. The molecule has 0 saturated carbocycles. The number of hydrogen-bond acceptors (Lipinski definition) is 12. The molecule has 0 aliphatic carbocycles. The minimum atomic E-state index is -0.380. The van der Waals surface area contributed by atoms with E-state index < -0.39 is 0 Å². The first-order valence-corrected chi connectivity index (χ1v) is 20.4. The minimum Gasteiger partial charge on any atom is -0.507 e. The molecule has 4 aromatic rings. The first-order valence-electron chi connectivity index (χ1n) is 20.4. The lowest BCUT2D eigenvalue weighted by Crippen LogP contribution is -2.20. The molecule has 1 heterocycles. The highest BCUT2D eigenvalue weighted by atomic mass is 16.5. The van der Waals surface area contributed by atoms with Crippen molar-refractivity contribution in [1.82, 2.24) is 15.0 Å². The van der Waals surface area contributed by atoms with Crippen molar-refractivity contribution in [3.63, 3.8) is 0 Å². The molecular weight excluding hydrogens is 727 g/mol. The van der Waals surface area contributed by atoms with Gasteiger partial charge in [0.25, 0.3) is 0 Å². The molecule has 3 atom stereocenters. The summed E-state index contributed by atoms with van der Waals surface area (Å²) >= 11 is 0. The summed E-state index contributed by atoms with van der Waals surface area (Å²) in [5.41, 5.74) is 0.467. The summed E-state index contributed by atoms with van der Waals surface area (Å²) in [5, 5.41) is 33.7. The fourth-order valence-electron chi connectivity index (χ4n) is 6.45. The average Bonchev–Trinajstić information content (AvgIpc) is 3.18. The average molecular weight is 784 g/mol. The second kappa shape index (κ2) is 21.7. The van der Waals surface area contributed by atoms with Gasteiger partial charge < -0.3 is 29.5 Å². The zero-order valence-corrected chi connectivity index (χ0v) is 34.0. The van der Waals surface area contributed by atoms with Crippen LogP contribution >= 0.6 is 0 Å². The molecule has 1 aromatic heterocycles. The number of phenols is 3. The van der Waals surface area contributed by atoms with Gasteiger partial charge in [0.05, 0.1) is 34.4 Å². The lowest BCUT2D eigenvalue weighted by atomic mass is 10.00. The molecule has 3 aromatic carbocycles. The fourth-order valence-corrected chi connectivity index (χ4v) is 6.45. The number of phenolic OH excluding ortho intramolecular Hbond substituents is 3. The number of carbonyl (C=O) groups excluding carboxylic acids is 3. The SMILES string of the molecule is CCCCC(CC)C(=O)Oc1ccc(-c2nc(-c3ccc(OC(=O)C(CC)CCCC)cc3O)nc(-c3ccc(OC(=O)C(CC)CCCC)cc3O)n2)c(O)c1. The molecule has 0 aliphatic rings. The van der Waals surface area contributed by atoms with E-state index in [4.69, 9.17) is 14.2 Å². The monoisotopic (exact) mass is 783 g/mol. The van der Waals surface area contributed by atoms with Crippen LogP contribution in [-0.4, -0.2) is 48.2 Å². The van der Waals surface area contributed by atoms with Crippen molar-refractivity contribution in [3.05, 3.63) is 54.6 Å². The van der Waals surface area contributed by atoms with Crippen LogP contribution in [0.25, 0.3) is 34.2 Å². The summed E-state index contributed by atoms with van der Waals surface area (Å²) in [4.78, 5) is 52.4. The van der Waals surface area contributed by atoms with Crippen molar-refractivity contribution >= 4 is 17.9 Å². The molecule has 0 amide bonds. The number of aromatic hydroxyl groups is 3. The van der Waals surface area contributed by atoms with Gasteiger partial charge in [0.15, 0.2) is 17.5 Å². The third kappa shape index (κ3) is 12.0. The third-order valence-corrected chi connectivity index (χ3v) is 10.1. The second-order valence-corrected chi connectivity index (χ2v) is 14.3. The maximum Gasteiger partial charge on any atom is 0.314 e. The van der Waals surface area contributed by atoms with Crippen molar-refractivity contribution in [2.24, 2.45) is 17.8 Å². The van der Waals surface area contributed by atoms with Crippen LogP contribution in [0.2, 0.25) is 0 Å². The van der Waals surface area contributed by atoms with Crippen molar-refractivity contribution in [2.45, 2.75) is 119 Å². The van der Waals surface area contributed by atoms with Crippen LogP contribution in [0.15, 0.2) is 54.6 Å².